The van der Waals surface area contributed by atoms with E-state index in [2.05, 4.69) is 9.98 Å². The molecule has 4 aromatic carbocycles. The van der Waals surface area contributed by atoms with E-state index in [1.165, 1.54) is 0 Å². The third-order valence-corrected chi connectivity index (χ3v) is 4.57. The quantitative estimate of drug-likeness (QED) is 0.259. The monoisotopic (exact) mass is 485 g/mol. The zero-order valence-corrected chi connectivity index (χ0v) is 19.0. The van der Waals surface area contributed by atoms with Crippen LogP contribution in [0.4, 0.5) is 0 Å². The van der Waals surface area contributed by atoms with Gasteiger partial charge >= 0.3 is 0 Å². The first-order valence-electron chi connectivity index (χ1n) is 10.4. The van der Waals surface area contributed by atoms with E-state index in [4.69, 9.17) is 0 Å². The molecule has 5 heteroatoms. The molecule has 0 saturated carbocycles. The van der Waals surface area contributed by atoms with Crippen LogP contribution in [-0.4, -0.2) is 22.6 Å². The van der Waals surface area contributed by atoms with Crippen molar-refractivity contribution in [2.45, 2.75) is 13.1 Å². The van der Waals surface area contributed by atoms with Crippen LogP contribution in [0.5, 0.6) is 11.5 Å². The summed E-state index contributed by atoms with van der Waals surface area (Å²) in [5, 5.41) is 19.0. The molecule has 0 fully saturated rings. The smallest absolute Gasteiger partial charge is 0.124 e. The summed E-state index contributed by atoms with van der Waals surface area (Å²) in [6.45, 7) is 1.27. The fourth-order valence-corrected chi connectivity index (χ4v) is 2.86. The molecule has 0 bridgehead atoms. The summed E-state index contributed by atoms with van der Waals surface area (Å²) in [5.74, 6) is 0.527. The van der Waals surface area contributed by atoms with Crippen LogP contribution < -0.4 is 0 Å². The van der Waals surface area contributed by atoms with Gasteiger partial charge in [0.05, 0.1) is 13.1 Å². The van der Waals surface area contributed by atoms with E-state index in [1.807, 2.05) is 84.9 Å². The summed E-state index contributed by atoms with van der Waals surface area (Å²) in [4.78, 5) is 8.58. The molecule has 1 radical (unpaired) electrons. The zero-order chi connectivity index (χ0) is 22.4. The summed E-state index contributed by atoms with van der Waals surface area (Å²) >= 11 is 0. The number of nitrogens with zero attached hydrogens (tertiary/aromatic N) is 2. The van der Waals surface area contributed by atoms with Crippen LogP contribution in [0.2, 0.25) is 0 Å². The van der Waals surface area contributed by atoms with Gasteiger partial charge in [-0.1, -0.05) is 84.9 Å². The summed E-state index contributed by atoms with van der Waals surface area (Å²) in [6.07, 6.45) is 3.39. The molecule has 0 aliphatic heterocycles. The SMILES string of the molecule is Oc1ccccc1C=NCc1ccccc1.Oc1ccccc1C=NCc1ccccc1.[Cu]. The van der Waals surface area contributed by atoms with Crippen molar-refractivity contribution in [3.63, 3.8) is 0 Å². The summed E-state index contributed by atoms with van der Waals surface area (Å²) in [7, 11) is 0. The molecule has 33 heavy (non-hydrogen) atoms. The maximum Gasteiger partial charge on any atom is 0.124 e. The Kier molecular flexibility index (Phi) is 11.2. The second-order valence-corrected chi connectivity index (χ2v) is 7.03. The van der Waals surface area contributed by atoms with Gasteiger partial charge in [0.2, 0.25) is 0 Å². The van der Waals surface area contributed by atoms with E-state index < -0.39 is 0 Å². The molecule has 4 rings (SSSR count). The minimum Gasteiger partial charge on any atom is -0.507 e. The average molecular weight is 486 g/mol. The Labute approximate surface area is 205 Å². The Morgan fingerprint density at radius 2 is 0.818 bits per heavy atom. The van der Waals surface area contributed by atoms with E-state index in [-0.39, 0.29) is 28.6 Å². The van der Waals surface area contributed by atoms with Crippen LogP contribution in [0.15, 0.2) is 119 Å². The van der Waals surface area contributed by atoms with Crippen LogP contribution in [0.3, 0.4) is 0 Å². The predicted molar refractivity (Wildman–Crippen MR) is 132 cm³/mol. The van der Waals surface area contributed by atoms with E-state index >= 15 is 0 Å². The maximum atomic E-state index is 9.52. The first-order valence-corrected chi connectivity index (χ1v) is 10.4. The number of benzene rings is 4. The Bertz CT molecular complexity index is 1050. The zero-order valence-electron chi connectivity index (χ0n) is 18.1. The van der Waals surface area contributed by atoms with Gasteiger partial charge in [-0.3, -0.25) is 9.98 Å². The molecule has 171 valence electrons. The molecule has 0 aliphatic carbocycles. The topological polar surface area (TPSA) is 65.2 Å². The second-order valence-electron chi connectivity index (χ2n) is 7.03. The molecule has 2 N–H and O–H groups in total. The van der Waals surface area contributed by atoms with Crippen LogP contribution in [0, 0.1) is 0 Å². The number of rotatable bonds is 6. The van der Waals surface area contributed by atoms with Gasteiger partial charge < -0.3 is 10.2 Å². The normalized spacial score (nSPS) is 10.4. The van der Waals surface area contributed by atoms with E-state index in [1.54, 1.807) is 36.7 Å². The van der Waals surface area contributed by atoms with Crippen molar-refractivity contribution >= 4 is 12.4 Å². The first kappa shape index (κ1) is 25.6. The summed E-state index contributed by atoms with van der Waals surface area (Å²) in [6, 6.07) is 34.4. The fourth-order valence-electron chi connectivity index (χ4n) is 2.86. The molecule has 4 aromatic rings. The Balaban J connectivity index is 0.000000227. The number of hydrogen-bond donors (Lipinski definition) is 2. The van der Waals surface area contributed by atoms with Crippen molar-refractivity contribution in [2.75, 3.05) is 0 Å². The van der Waals surface area contributed by atoms with Gasteiger partial charge in [-0.2, -0.15) is 0 Å². The number of aromatic hydroxyl groups is 2. The fraction of sp³-hybridized carbons (Fsp3) is 0.0714. The third kappa shape index (κ3) is 9.16. The molecule has 0 aromatic heterocycles. The number of aliphatic imine (C=N–C) groups is 2. The third-order valence-electron chi connectivity index (χ3n) is 4.57. The van der Waals surface area contributed by atoms with E-state index in [0.717, 1.165) is 22.3 Å². The van der Waals surface area contributed by atoms with Crippen LogP contribution in [0.25, 0.3) is 0 Å². The largest absolute Gasteiger partial charge is 0.507 e. The van der Waals surface area contributed by atoms with Gasteiger partial charge in [0, 0.05) is 40.6 Å². The van der Waals surface area contributed by atoms with Gasteiger partial charge in [0.15, 0.2) is 0 Å². The minimum atomic E-state index is 0. The number of hydrogen-bond acceptors (Lipinski definition) is 4. The molecular formula is C28H26CuN2O2. The molecule has 4 nitrogen and oxygen atoms in total. The molecule has 0 spiro atoms. The van der Waals surface area contributed by atoms with Crippen molar-refractivity contribution < 1.29 is 27.3 Å². The van der Waals surface area contributed by atoms with E-state index in [9.17, 15) is 10.2 Å². The van der Waals surface area contributed by atoms with Crippen molar-refractivity contribution in [2.24, 2.45) is 9.98 Å². The van der Waals surface area contributed by atoms with Gasteiger partial charge in [0.25, 0.3) is 0 Å². The summed E-state index contributed by atoms with van der Waals surface area (Å²) in [5.41, 5.74) is 3.82. The number of phenolic OH excluding ortho intramolecular Hbond substituents is 2. The maximum absolute atomic E-state index is 9.52. The van der Waals surface area contributed by atoms with Crippen molar-refractivity contribution in [3.05, 3.63) is 131 Å². The Hall–Kier alpha value is -3.66. The van der Waals surface area contributed by atoms with Crippen molar-refractivity contribution in [3.8, 4) is 11.5 Å². The van der Waals surface area contributed by atoms with Crippen molar-refractivity contribution in [1.29, 1.82) is 0 Å². The molecular weight excluding hydrogens is 460 g/mol. The Morgan fingerprint density at radius 3 is 1.18 bits per heavy atom. The van der Waals surface area contributed by atoms with Crippen LogP contribution in [0.1, 0.15) is 22.3 Å². The van der Waals surface area contributed by atoms with Gasteiger partial charge in [0.1, 0.15) is 11.5 Å². The second kappa shape index (κ2) is 14.4. The predicted octanol–water partition coefficient (Wildman–Crippen LogP) is 6.02. The molecule has 0 amide bonds. The molecule has 0 unspecified atom stereocenters. The van der Waals surface area contributed by atoms with Gasteiger partial charge in [-0.15, -0.1) is 0 Å². The van der Waals surface area contributed by atoms with Gasteiger partial charge in [-0.25, -0.2) is 0 Å². The average Bonchev–Trinajstić information content (AvgIpc) is 2.83. The number of para-hydroxylation sites is 2. The summed E-state index contributed by atoms with van der Waals surface area (Å²) < 4.78 is 0. The molecule has 0 aliphatic rings. The Morgan fingerprint density at radius 1 is 0.485 bits per heavy atom. The van der Waals surface area contributed by atoms with Crippen LogP contribution >= 0.6 is 0 Å². The standard InChI is InChI=1S/2C14H13NO.Cu/c2*16-14-9-5-4-8-13(14)11-15-10-12-6-2-1-3-7-12;/h2*1-9,11,16H,10H2;. The molecule has 0 saturated heterocycles. The number of phenols is 2. The molecule has 0 atom stereocenters. The minimum absolute atomic E-state index is 0. The first-order chi connectivity index (χ1) is 15.7. The molecule has 0 heterocycles. The van der Waals surface area contributed by atoms with Crippen LogP contribution in [-0.2, 0) is 30.2 Å². The van der Waals surface area contributed by atoms with E-state index in [0.29, 0.717) is 13.1 Å². The van der Waals surface area contributed by atoms with Gasteiger partial charge in [-0.05, 0) is 35.4 Å². The van der Waals surface area contributed by atoms with Crippen molar-refractivity contribution in [1.82, 2.24) is 0 Å².